The molecule has 0 saturated carbocycles. The van der Waals surface area contributed by atoms with Crippen molar-refractivity contribution in [2.24, 2.45) is 0 Å². The molecule has 2 aromatic carbocycles. The third-order valence-electron chi connectivity index (χ3n) is 5.50. The molecule has 1 saturated heterocycles. The van der Waals surface area contributed by atoms with Crippen LogP contribution in [0.2, 0.25) is 0 Å². The monoisotopic (exact) mass is 389 g/mol. The van der Waals surface area contributed by atoms with Gasteiger partial charge in [0.2, 0.25) is 5.91 Å². The number of para-hydroxylation sites is 1. The Morgan fingerprint density at radius 2 is 1.76 bits per heavy atom. The molecule has 1 aromatic heterocycles. The zero-order valence-electron chi connectivity index (χ0n) is 16.9. The first kappa shape index (κ1) is 19.2. The van der Waals surface area contributed by atoms with Crippen LogP contribution in [0.4, 0.5) is 5.69 Å². The van der Waals surface area contributed by atoms with Crippen molar-refractivity contribution in [2.45, 2.75) is 19.8 Å². The second kappa shape index (κ2) is 8.95. The van der Waals surface area contributed by atoms with Gasteiger partial charge in [-0.15, -0.1) is 0 Å². The van der Waals surface area contributed by atoms with Crippen LogP contribution in [0, 0.1) is 0 Å². The van der Waals surface area contributed by atoms with Crippen LogP contribution in [-0.2, 0) is 11.2 Å². The van der Waals surface area contributed by atoms with Crippen molar-refractivity contribution < 1.29 is 9.53 Å². The molecule has 1 aliphatic rings. The first-order valence-corrected chi connectivity index (χ1v) is 10.3. The molecule has 1 aliphatic heterocycles. The van der Waals surface area contributed by atoms with E-state index in [-0.39, 0.29) is 5.91 Å². The van der Waals surface area contributed by atoms with E-state index >= 15 is 0 Å². The van der Waals surface area contributed by atoms with Crippen molar-refractivity contribution in [1.29, 1.82) is 0 Å². The molecular weight excluding hydrogens is 362 g/mol. The number of aryl methyl sites for hydroxylation is 1. The summed E-state index contributed by atoms with van der Waals surface area (Å²) in [6, 6.07) is 16.3. The molecule has 0 bridgehead atoms. The predicted octanol–water partition coefficient (Wildman–Crippen LogP) is 3.91. The van der Waals surface area contributed by atoms with Crippen LogP contribution in [0.1, 0.15) is 18.9 Å². The summed E-state index contributed by atoms with van der Waals surface area (Å²) in [6.07, 6.45) is 5.06. The maximum absolute atomic E-state index is 12.8. The molecule has 0 unspecified atom stereocenters. The van der Waals surface area contributed by atoms with Gasteiger partial charge in [0.15, 0.2) is 0 Å². The number of fused-ring (bicyclic) bond motifs is 1. The maximum atomic E-state index is 12.8. The molecule has 2 heterocycles. The standard InChI is InChI=1S/C24H27N3O2/c1-2-29-23-10-6-4-7-19(23)11-12-24(28)27-15-13-26(14-16-27)22-18-25-17-20-8-3-5-9-21(20)22/h3-10,17-18H,2,11-16H2,1H3. The van der Waals surface area contributed by atoms with E-state index in [4.69, 9.17) is 4.74 Å². The van der Waals surface area contributed by atoms with Gasteiger partial charge in [0.25, 0.3) is 0 Å². The average molecular weight is 389 g/mol. The number of aromatic nitrogens is 1. The number of pyridine rings is 1. The number of piperazine rings is 1. The number of nitrogens with zero attached hydrogens (tertiary/aromatic N) is 3. The molecule has 5 heteroatoms. The summed E-state index contributed by atoms with van der Waals surface area (Å²) in [4.78, 5) is 21.5. The quantitative estimate of drug-likeness (QED) is 0.641. The lowest BCUT2D eigenvalue weighted by molar-refractivity contribution is -0.131. The average Bonchev–Trinajstić information content (AvgIpc) is 2.78. The second-order valence-electron chi connectivity index (χ2n) is 7.29. The molecule has 0 atom stereocenters. The van der Waals surface area contributed by atoms with Crippen molar-refractivity contribution in [3.63, 3.8) is 0 Å². The first-order valence-electron chi connectivity index (χ1n) is 10.3. The van der Waals surface area contributed by atoms with Gasteiger partial charge in [-0.25, -0.2) is 0 Å². The molecule has 0 spiro atoms. The van der Waals surface area contributed by atoms with Gasteiger partial charge in [0.05, 0.1) is 18.5 Å². The van der Waals surface area contributed by atoms with Crippen molar-refractivity contribution in [3.05, 3.63) is 66.5 Å². The number of hydrogen-bond acceptors (Lipinski definition) is 4. The van der Waals surface area contributed by atoms with Crippen molar-refractivity contribution in [1.82, 2.24) is 9.88 Å². The fraction of sp³-hybridized carbons (Fsp3) is 0.333. The van der Waals surface area contributed by atoms with Gasteiger partial charge in [-0.3, -0.25) is 9.78 Å². The molecule has 3 aromatic rings. The summed E-state index contributed by atoms with van der Waals surface area (Å²) in [5.41, 5.74) is 2.25. The van der Waals surface area contributed by atoms with Crippen molar-refractivity contribution in [2.75, 3.05) is 37.7 Å². The molecule has 150 valence electrons. The number of rotatable bonds is 6. The van der Waals surface area contributed by atoms with E-state index in [9.17, 15) is 4.79 Å². The molecule has 0 aliphatic carbocycles. The zero-order chi connectivity index (χ0) is 20.1. The third kappa shape index (κ3) is 4.34. The lowest BCUT2D eigenvalue weighted by Crippen LogP contribution is -2.49. The Morgan fingerprint density at radius 1 is 1.00 bits per heavy atom. The van der Waals surface area contributed by atoms with Crippen LogP contribution < -0.4 is 9.64 Å². The highest BCUT2D eigenvalue weighted by Gasteiger charge is 2.22. The van der Waals surface area contributed by atoms with Gasteiger partial charge in [0, 0.05) is 49.6 Å². The fourth-order valence-electron chi connectivity index (χ4n) is 3.96. The van der Waals surface area contributed by atoms with E-state index in [0.29, 0.717) is 19.4 Å². The van der Waals surface area contributed by atoms with E-state index in [0.717, 1.165) is 48.6 Å². The molecule has 1 amide bonds. The minimum Gasteiger partial charge on any atom is -0.494 e. The number of hydrogen-bond donors (Lipinski definition) is 0. The number of ether oxygens (including phenoxy) is 1. The topological polar surface area (TPSA) is 45.7 Å². The van der Waals surface area contributed by atoms with Gasteiger partial charge >= 0.3 is 0 Å². The minimum atomic E-state index is 0.215. The van der Waals surface area contributed by atoms with Crippen LogP contribution in [0.15, 0.2) is 60.9 Å². The van der Waals surface area contributed by atoms with Crippen LogP contribution in [0.5, 0.6) is 5.75 Å². The Kier molecular flexibility index (Phi) is 5.94. The van der Waals surface area contributed by atoms with Crippen LogP contribution in [-0.4, -0.2) is 48.6 Å². The molecule has 0 radical (unpaired) electrons. The van der Waals surface area contributed by atoms with Crippen molar-refractivity contribution >= 4 is 22.4 Å². The maximum Gasteiger partial charge on any atom is 0.223 e. The van der Waals surface area contributed by atoms with E-state index < -0.39 is 0 Å². The van der Waals surface area contributed by atoms with E-state index in [1.807, 2.05) is 54.5 Å². The van der Waals surface area contributed by atoms with Gasteiger partial charge in [-0.2, -0.15) is 0 Å². The lowest BCUT2D eigenvalue weighted by atomic mass is 10.1. The van der Waals surface area contributed by atoms with E-state index in [1.54, 1.807) is 0 Å². The third-order valence-corrected chi connectivity index (χ3v) is 5.50. The molecule has 4 rings (SSSR count). The Bertz CT molecular complexity index is 975. The summed E-state index contributed by atoms with van der Waals surface area (Å²) in [5.74, 6) is 1.10. The molecule has 0 N–H and O–H groups in total. The lowest BCUT2D eigenvalue weighted by Gasteiger charge is -2.36. The van der Waals surface area contributed by atoms with Gasteiger partial charge in [-0.1, -0.05) is 42.5 Å². The predicted molar refractivity (Wildman–Crippen MR) is 116 cm³/mol. The summed E-state index contributed by atoms with van der Waals surface area (Å²) < 4.78 is 5.68. The van der Waals surface area contributed by atoms with Crippen molar-refractivity contribution in [3.8, 4) is 5.75 Å². The fourth-order valence-corrected chi connectivity index (χ4v) is 3.96. The molecule has 29 heavy (non-hydrogen) atoms. The highest BCUT2D eigenvalue weighted by atomic mass is 16.5. The SMILES string of the molecule is CCOc1ccccc1CCC(=O)N1CCN(c2cncc3ccccc23)CC1. The number of carbonyl (C=O) groups excluding carboxylic acids is 1. The zero-order valence-corrected chi connectivity index (χ0v) is 16.9. The normalized spacial score (nSPS) is 14.2. The number of benzene rings is 2. The summed E-state index contributed by atoms with van der Waals surface area (Å²) >= 11 is 0. The van der Waals surface area contributed by atoms with Crippen LogP contribution >= 0.6 is 0 Å². The number of amides is 1. The van der Waals surface area contributed by atoms with Gasteiger partial charge < -0.3 is 14.5 Å². The summed E-state index contributed by atoms with van der Waals surface area (Å²) in [6.45, 7) is 5.76. The van der Waals surface area contributed by atoms with Gasteiger partial charge in [-0.05, 0) is 25.0 Å². The smallest absolute Gasteiger partial charge is 0.223 e. The molecular formula is C24H27N3O2. The molecule has 1 fully saturated rings. The Hall–Kier alpha value is -3.08. The van der Waals surface area contributed by atoms with E-state index in [2.05, 4.69) is 28.1 Å². The Labute approximate surface area is 171 Å². The number of carbonyl (C=O) groups is 1. The molecule has 5 nitrogen and oxygen atoms in total. The van der Waals surface area contributed by atoms with Gasteiger partial charge in [0.1, 0.15) is 5.75 Å². The van der Waals surface area contributed by atoms with Crippen LogP contribution in [0.25, 0.3) is 10.8 Å². The number of anilines is 1. The highest BCUT2D eigenvalue weighted by Crippen LogP contribution is 2.26. The largest absolute Gasteiger partial charge is 0.494 e. The second-order valence-corrected chi connectivity index (χ2v) is 7.29. The summed E-state index contributed by atoms with van der Waals surface area (Å²) in [7, 11) is 0. The minimum absolute atomic E-state index is 0.215. The summed E-state index contributed by atoms with van der Waals surface area (Å²) in [5, 5.41) is 2.37. The highest BCUT2D eigenvalue weighted by molar-refractivity contribution is 5.93. The first-order chi connectivity index (χ1) is 14.3. The van der Waals surface area contributed by atoms with E-state index in [1.165, 1.54) is 5.39 Å². The van der Waals surface area contributed by atoms with Crippen LogP contribution in [0.3, 0.4) is 0 Å². The Morgan fingerprint density at radius 3 is 2.59 bits per heavy atom. The Balaban J connectivity index is 1.35.